The number of nitrogens with zero attached hydrogens (tertiary/aromatic N) is 1. The van der Waals surface area contributed by atoms with E-state index in [9.17, 15) is 14.4 Å². The average molecular weight is 420 g/mol. The standard InChI is InChI=1S/C20H19Cl2N3O3/c1-12(23-20(28)13-4-6-14(21)7-5-13)19(27)24-15-8-9-17(16(22)11-15)25-10-2-3-18(25)26/h4-9,11-12H,2-3,10H2,1H3,(H,23,28)(H,24,27)/t12-/m1/s1. The maximum absolute atomic E-state index is 12.4. The molecule has 0 unspecified atom stereocenters. The first-order chi connectivity index (χ1) is 13.3. The molecule has 8 heteroatoms. The highest BCUT2D eigenvalue weighted by atomic mass is 35.5. The van der Waals surface area contributed by atoms with Crippen molar-refractivity contribution in [3.05, 3.63) is 58.1 Å². The number of rotatable bonds is 5. The van der Waals surface area contributed by atoms with Crippen molar-refractivity contribution in [2.45, 2.75) is 25.8 Å². The van der Waals surface area contributed by atoms with Crippen LogP contribution in [-0.2, 0) is 9.59 Å². The van der Waals surface area contributed by atoms with Gasteiger partial charge in [-0.15, -0.1) is 0 Å². The minimum absolute atomic E-state index is 0.0391. The zero-order valence-corrected chi connectivity index (χ0v) is 16.7. The van der Waals surface area contributed by atoms with Crippen LogP contribution in [0.5, 0.6) is 0 Å². The Bertz CT molecular complexity index is 915. The van der Waals surface area contributed by atoms with Gasteiger partial charge in [-0.1, -0.05) is 23.2 Å². The van der Waals surface area contributed by atoms with E-state index in [0.29, 0.717) is 39.9 Å². The molecule has 0 saturated carbocycles. The summed E-state index contributed by atoms with van der Waals surface area (Å²) in [6.07, 6.45) is 1.32. The molecule has 1 aliphatic rings. The van der Waals surface area contributed by atoms with Crippen LogP contribution in [0.15, 0.2) is 42.5 Å². The van der Waals surface area contributed by atoms with Gasteiger partial charge >= 0.3 is 0 Å². The van der Waals surface area contributed by atoms with E-state index in [1.807, 2.05) is 0 Å². The zero-order chi connectivity index (χ0) is 20.3. The molecule has 146 valence electrons. The Morgan fingerprint density at radius 2 is 1.82 bits per heavy atom. The van der Waals surface area contributed by atoms with Crippen molar-refractivity contribution >= 4 is 52.3 Å². The van der Waals surface area contributed by atoms with Gasteiger partial charge in [0.2, 0.25) is 11.8 Å². The number of nitrogens with one attached hydrogen (secondary N) is 2. The molecule has 1 atom stereocenters. The lowest BCUT2D eigenvalue weighted by atomic mass is 10.2. The summed E-state index contributed by atoms with van der Waals surface area (Å²) < 4.78 is 0. The Balaban J connectivity index is 1.62. The highest BCUT2D eigenvalue weighted by Gasteiger charge is 2.24. The van der Waals surface area contributed by atoms with Gasteiger partial charge < -0.3 is 15.5 Å². The monoisotopic (exact) mass is 419 g/mol. The van der Waals surface area contributed by atoms with Gasteiger partial charge in [0.15, 0.2) is 0 Å². The summed E-state index contributed by atoms with van der Waals surface area (Å²) in [4.78, 5) is 38.1. The van der Waals surface area contributed by atoms with Crippen molar-refractivity contribution in [1.82, 2.24) is 5.32 Å². The van der Waals surface area contributed by atoms with E-state index in [0.717, 1.165) is 6.42 Å². The molecular formula is C20H19Cl2N3O3. The van der Waals surface area contributed by atoms with Crippen molar-refractivity contribution in [2.24, 2.45) is 0 Å². The highest BCUT2D eigenvalue weighted by molar-refractivity contribution is 6.34. The van der Waals surface area contributed by atoms with Crippen molar-refractivity contribution < 1.29 is 14.4 Å². The summed E-state index contributed by atoms with van der Waals surface area (Å²) in [7, 11) is 0. The summed E-state index contributed by atoms with van der Waals surface area (Å²) in [5, 5.41) is 6.25. The third-order valence-corrected chi connectivity index (χ3v) is 4.98. The van der Waals surface area contributed by atoms with Crippen LogP contribution >= 0.6 is 23.2 Å². The molecular weight excluding hydrogens is 401 g/mol. The fourth-order valence-electron chi connectivity index (χ4n) is 2.90. The van der Waals surface area contributed by atoms with E-state index in [-0.39, 0.29) is 17.7 Å². The van der Waals surface area contributed by atoms with Crippen molar-refractivity contribution in [2.75, 3.05) is 16.8 Å². The molecule has 3 rings (SSSR count). The van der Waals surface area contributed by atoms with Gasteiger partial charge in [-0.25, -0.2) is 0 Å². The molecule has 0 spiro atoms. The average Bonchev–Trinajstić information content (AvgIpc) is 3.08. The molecule has 1 saturated heterocycles. The largest absolute Gasteiger partial charge is 0.341 e. The second-order valence-electron chi connectivity index (χ2n) is 6.51. The smallest absolute Gasteiger partial charge is 0.251 e. The summed E-state index contributed by atoms with van der Waals surface area (Å²) >= 11 is 12.1. The highest BCUT2D eigenvalue weighted by Crippen LogP contribution is 2.31. The normalized spacial score (nSPS) is 14.7. The van der Waals surface area contributed by atoms with E-state index in [1.165, 1.54) is 0 Å². The lowest BCUT2D eigenvalue weighted by Gasteiger charge is -2.19. The third-order valence-electron chi connectivity index (χ3n) is 4.43. The number of hydrogen-bond acceptors (Lipinski definition) is 3. The van der Waals surface area contributed by atoms with Crippen LogP contribution in [-0.4, -0.2) is 30.3 Å². The first-order valence-corrected chi connectivity index (χ1v) is 9.58. The lowest BCUT2D eigenvalue weighted by Crippen LogP contribution is -2.41. The summed E-state index contributed by atoms with van der Waals surface area (Å²) in [6.45, 7) is 2.22. The number of halogens is 2. The molecule has 0 aliphatic carbocycles. The molecule has 0 bridgehead atoms. The number of benzene rings is 2. The fraction of sp³-hybridized carbons (Fsp3) is 0.250. The second-order valence-corrected chi connectivity index (χ2v) is 7.35. The van der Waals surface area contributed by atoms with Crippen LogP contribution in [0, 0.1) is 0 Å². The molecule has 2 N–H and O–H groups in total. The molecule has 0 radical (unpaired) electrons. The SMILES string of the molecule is C[C@@H](NC(=O)c1ccc(Cl)cc1)C(=O)Nc1ccc(N2CCCC2=O)c(Cl)c1. The van der Waals surface area contributed by atoms with Gasteiger partial charge in [-0.2, -0.15) is 0 Å². The Hall–Kier alpha value is -2.57. The quantitative estimate of drug-likeness (QED) is 0.771. The number of amides is 3. The predicted molar refractivity (Wildman–Crippen MR) is 110 cm³/mol. The van der Waals surface area contributed by atoms with Crippen LogP contribution < -0.4 is 15.5 Å². The van der Waals surface area contributed by atoms with Crippen molar-refractivity contribution in [3.63, 3.8) is 0 Å². The first-order valence-electron chi connectivity index (χ1n) is 8.82. The van der Waals surface area contributed by atoms with Gasteiger partial charge in [0, 0.05) is 29.2 Å². The molecule has 2 aromatic carbocycles. The van der Waals surface area contributed by atoms with Crippen LogP contribution in [0.25, 0.3) is 0 Å². The van der Waals surface area contributed by atoms with Gasteiger partial charge in [0.25, 0.3) is 5.91 Å². The first kappa shape index (κ1) is 20.2. The van der Waals surface area contributed by atoms with E-state index in [2.05, 4.69) is 10.6 Å². The Labute approximate surface area is 172 Å². The maximum atomic E-state index is 12.4. The van der Waals surface area contributed by atoms with Gasteiger partial charge in [0.1, 0.15) is 6.04 Å². The summed E-state index contributed by atoms with van der Waals surface area (Å²) in [6, 6.07) is 10.6. The van der Waals surface area contributed by atoms with Gasteiger partial charge in [0.05, 0.1) is 10.7 Å². The van der Waals surface area contributed by atoms with Crippen molar-refractivity contribution in [1.29, 1.82) is 0 Å². The summed E-state index contributed by atoms with van der Waals surface area (Å²) in [5.74, 6) is -0.721. The van der Waals surface area contributed by atoms with E-state index in [4.69, 9.17) is 23.2 Å². The minimum atomic E-state index is -0.762. The molecule has 28 heavy (non-hydrogen) atoms. The fourth-order valence-corrected chi connectivity index (χ4v) is 3.31. The van der Waals surface area contributed by atoms with E-state index >= 15 is 0 Å². The van der Waals surface area contributed by atoms with Gasteiger partial charge in [-0.3, -0.25) is 14.4 Å². The van der Waals surface area contributed by atoms with E-state index < -0.39 is 6.04 Å². The summed E-state index contributed by atoms with van der Waals surface area (Å²) in [5.41, 5.74) is 1.52. The topological polar surface area (TPSA) is 78.5 Å². The third kappa shape index (κ3) is 4.64. The van der Waals surface area contributed by atoms with Crippen LogP contribution in [0.2, 0.25) is 10.0 Å². The number of anilines is 2. The molecule has 1 heterocycles. The molecule has 2 aromatic rings. The predicted octanol–water partition coefficient (Wildman–Crippen LogP) is 3.88. The van der Waals surface area contributed by atoms with Crippen LogP contribution in [0.4, 0.5) is 11.4 Å². The molecule has 3 amide bonds. The number of carbonyl (C=O) groups excluding carboxylic acids is 3. The minimum Gasteiger partial charge on any atom is -0.341 e. The Morgan fingerprint density at radius 1 is 1.11 bits per heavy atom. The van der Waals surface area contributed by atoms with Crippen LogP contribution in [0.3, 0.4) is 0 Å². The van der Waals surface area contributed by atoms with Crippen LogP contribution in [0.1, 0.15) is 30.1 Å². The van der Waals surface area contributed by atoms with E-state index in [1.54, 1.807) is 54.3 Å². The number of carbonyl (C=O) groups is 3. The molecule has 6 nitrogen and oxygen atoms in total. The Morgan fingerprint density at radius 3 is 2.43 bits per heavy atom. The van der Waals surface area contributed by atoms with Crippen molar-refractivity contribution in [3.8, 4) is 0 Å². The molecule has 0 aromatic heterocycles. The number of hydrogen-bond donors (Lipinski definition) is 2. The molecule has 1 fully saturated rings. The second kappa shape index (κ2) is 8.63. The Kier molecular flexibility index (Phi) is 6.21. The maximum Gasteiger partial charge on any atom is 0.251 e. The lowest BCUT2D eigenvalue weighted by molar-refractivity contribution is -0.118. The molecule has 1 aliphatic heterocycles. The zero-order valence-electron chi connectivity index (χ0n) is 15.2. The van der Waals surface area contributed by atoms with Gasteiger partial charge in [-0.05, 0) is 55.8 Å².